The normalized spacial score (nSPS) is 15.2. The third kappa shape index (κ3) is 2.46. The number of para-hydroxylation sites is 2. The molecule has 1 aliphatic rings. The van der Waals surface area contributed by atoms with E-state index in [9.17, 15) is 4.57 Å². The molecule has 0 aliphatic carbocycles. The highest BCUT2D eigenvalue weighted by molar-refractivity contribution is 7.54. The highest BCUT2D eigenvalue weighted by atomic mass is 31.2. The zero-order chi connectivity index (χ0) is 12.3. The fraction of sp³-hybridized carbons (Fsp3) is 0.455. The zero-order valence-electron chi connectivity index (χ0n) is 9.79. The predicted molar refractivity (Wildman–Crippen MR) is 62.3 cm³/mol. The lowest BCUT2D eigenvalue weighted by Crippen LogP contribution is -2.21. The predicted octanol–water partition coefficient (Wildman–Crippen LogP) is 3.01. The van der Waals surface area contributed by atoms with Crippen molar-refractivity contribution in [1.29, 1.82) is 0 Å². The maximum absolute atomic E-state index is 12.4. The van der Waals surface area contributed by atoms with Gasteiger partial charge < -0.3 is 18.5 Å². The number of ether oxygens (including phenoxy) is 2. The molecule has 0 saturated carbocycles. The van der Waals surface area contributed by atoms with Gasteiger partial charge in [-0.1, -0.05) is 12.1 Å². The van der Waals surface area contributed by atoms with E-state index in [2.05, 4.69) is 0 Å². The first kappa shape index (κ1) is 12.4. The van der Waals surface area contributed by atoms with E-state index in [-0.39, 0.29) is 13.2 Å². The Morgan fingerprint density at radius 1 is 1.12 bits per heavy atom. The number of benzene rings is 1. The van der Waals surface area contributed by atoms with Crippen LogP contribution in [-0.4, -0.2) is 19.2 Å². The minimum absolute atomic E-state index is 0.275. The average molecular weight is 258 g/mol. The maximum atomic E-state index is 12.4. The SMILES string of the molecule is CCOP(=O)(OCC)C1Oc2ccccc2O1. The largest absolute Gasteiger partial charge is 0.441 e. The standard InChI is InChI=1S/C11H15O5P/c1-3-13-17(12,14-4-2)11-15-9-7-5-6-8-10(9)16-11/h5-8,11H,3-4H2,1-2H3. The van der Waals surface area contributed by atoms with Crippen LogP contribution in [0.5, 0.6) is 11.5 Å². The number of hydrogen-bond acceptors (Lipinski definition) is 5. The van der Waals surface area contributed by atoms with Crippen molar-refractivity contribution in [2.75, 3.05) is 13.2 Å². The van der Waals surface area contributed by atoms with Gasteiger partial charge in [0.15, 0.2) is 11.5 Å². The molecule has 0 unspecified atom stereocenters. The molecule has 2 rings (SSSR count). The van der Waals surface area contributed by atoms with E-state index < -0.39 is 13.6 Å². The van der Waals surface area contributed by atoms with Crippen LogP contribution in [0.15, 0.2) is 24.3 Å². The maximum Gasteiger partial charge on any atom is 0.411 e. The van der Waals surface area contributed by atoms with Gasteiger partial charge in [0.05, 0.1) is 13.2 Å². The molecule has 0 atom stereocenters. The van der Waals surface area contributed by atoms with Crippen LogP contribution in [-0.2, 0) is 13.6 Å². The van der Waals surface area contributed by atoms with E-state index in [1.165, 1.54) is 0 Å². The molecule has 1 aromatic rings. The summed E-state index contributed by atoms with van der Waals surface area (Å²) < 4.78 is 33.6. The van der Waals surface area contributed by atoms with Gasteiger partial charge in [-0.3, -0.25) is 4.57 Å². The molecule has 94 valence electrons. The quantitative estimate of drug-likeness (QED) is 0.760. The Balaban J connectivity index is 2.17. The van der Waals surface area contributed by atoms with E-state index in [1.54, 1.807) is 26.0 Å². The van der Waals surface area contributed by atoms with Crippen LogP contribution in [0.3, 0.4) is 0 Å². The van der Waals surface area contributed by atoms with Crippen molar-refractivity contribution in [2.45, 2.75) is 19.9 Å². The lowest BCUT2D eigenvalue weighted by atomic mass is 10.3. The van der Waals surface area contributed by atoms with Crippen LogP contribution in [0.1, 0.15) is 13.8 Å². The number of hydrogen-bond donors (Lipinski definition) is 0. The average Bonchev–Trinajstić information content (AvgIpc) is 2.74. The fourth-order valence-electron chi connectivity index (χ4n) is 1.53. The van der Waals surface area contributed by atoms with Gasteiger partial charge in [-0.05, 0) is 26.0 Å². The molecule has 0 bridgehead atoms. The molecule has 0 aromatic heterocycles. The molecular weight excluding hydrogens is 243 g/mol. The van der Waals surface area contributed by atoms with Gasteiger partial charge in [0.1, 0.15) is 0 Å². The zero-order valence-corrected chi connectivity index (χ0v) is 10.7. The van der Waals surface area contributed by atoms with Crippen molar-refractivity contribution in [1.82, 2.24) is 0 Å². The molecule has 1 aromatic carbocycles. The second-order valence-electron chi connectivity index (χ2n) is 3.36. The molecule has 0 fully saturated rings. The van der Waals surface area contributed by atoms with E-state index in [1.807, 2.05) is 12.1 Å². The minimum Gasteiger partial charge on any atom is -0.441 e. The van der Waals surface area contributed by atoms with Crippen LogP contribution in [0.2, 0.25) is 0 Å². The molecule has 0 N–H and O–H groups in total. The van der Waals surface area contributed by atoms with Crippen LogP contribution in [0.4, 0.5) is 0 Å². The smallest absolute Gasteiger partial charge is 0.411 e. The third-order valence-electron chi connectivity index (χ3n) is 2.18. The first-order valence-electron chi connectivity index (χ1n) is 5.50. The van der Waals surface area contributed by atoms with E-state index in [0.717, 1.165) is 0 Å². The van der Waals surface area contributed by atoms with Crippen molar-refractivity contribution in [3.8, 4) is 11.5 Å². The lowest BCUT2D eigenvalue weighted by Gasteiger charge is -2.21. The van der Waals surface area contributed by atoms with Crippen molar-refractivity contribution in [3.05, 3.63) is 24.3 Å². The highest BCUT2D eigenvalue weighted by Crippen LogP contribution is 2.57. The second kappa shape index (κ2) is 5.08. The van der Waals surface area contributed by atoms with Gasteiger partial charge in [0, 0.05) is 0 Å². The Labute approximate surface area is 100 Å². The Hall–Kier alpha value is -1.03. The summed E-state index contributed by atoms with van der Waals surface area (Å²) >= 11 is 0. The summed E-state index contributed by atoms with van der Waals surface area (Å²) in [6.45, 7) is 4.04. The van der Waals surface area contributed by atoms with Crippen LogP contribution in [0.25, 0.3) is 0 Å². The molecule has 1 heterocycles. The molecule has 0 spiro atoms. The van der Waals surface area contributed by atoms with Gasteiger partial charge in [-0.2, -0.15) is 0 Å². The van der Waals surface area contributed by atoms with Crippen LogP contribution < -0.4 is 9.47 Å². The van der Waals surface area contributed by atoms with E-state index in [4.69, 9.17) is 18.5 Å². The van der Waals surface area contributed by atoms with E-state index in [0.29, 0.717) is 11.5 Å². The number of fused-ring (bicyclic) bond motifs is 1. The van der Waals surface area contributed by atoms with Crippen molar-refractivity contribution in [3.63, 3.8) is 0 Å². The fourth-order valence-corrected chi connectivity index (χ4v) is 3.06. The number of rotatable bonds is 5. The molecule has 6 heteroatoms. The van der Waals surface area contributed by atoms with Gasteiger partial charge in [-0.15, -0.1) is 0 Å². The Morgan fingerprint density at radius 2 is 1.59 bits per heavy atom. The van der Waals surface area contributed by atoms with Crippen molar-refractivity contribution in [2.24, 2.45) is 0 Å². The summed E-state index contributed by atoms with van der Waals surface area (Å²) in [6, 6.07) is 6.11. The van der Waals surface area contributed by atoms with Crippen molar-refractivity contribution < 1.29 is 23.1 Å². The summed E-state index contributed by atoms with van der Waals surface area (Å²) in [5.74, 6) is 1.11. The molecule has 17 heavy (non-hydrogen) atoms. The van der Waals surface area contributed by atoms with Gasteiger partial charge >= 0.3 is 13.6 Å². The Bertz CT molecular complexity index is 399. The summed E-state index contributed by atoms with van der Waals surface area (Å²) in [4.78, 5) is 0. The van der Waals surface area contributed by atoms with Crippen LogP contribution >= 0.6 is 7.60 Å². The van der Waals surface area contributed by atoms with Gasteiger partial charge in [0.25, 0.3) is 0 Å². The summed E-state index contributed by atoms with van der Waals surface area (Å²) in [5, 5.41) is 0. The second-order valence-corrected chi connectivity index (χ2v) is 5.38. The molecular formula is C11H15O5P. The first-order chi connectivity index (χ1) is 8.19. The molecule has 0 amide bonds. The minimum atomic E-state index is -3.39. The summed E-state index contributed by atoms with van der Waals surface area (Å²) in [7, 11) is -3.39. The van der Waals surface area contributed by atoms with Crippen LogP contribution in [0, 0.1) is 0 Å². The Morgan fingerprint density at radius 3 is 2.00 bits per heavy atom. The third-order valence-corrected chi connectivity index (χ3v) is 4.14. The summed E-state index contributed by atoms with van der Waals surface area (Å²) in [6.07, 6.45) is 0. The molecule has 5 nitrogen and oxygen atoms in total. The Kier molecular flexibility index (Phi) is 3.72. The monoisotopic (exact) mass is 258 g/mol. The summed E-state index contributed by atoms with van der Waals surface area (Å²) in [5.41, 5.74) is 0. The molecule has 1 aliphatic heterocycles. The lowest BCUT2D eigenvalue weighted by molar-refractivity contribution is 0.0722. The van der Waals surface area contributed by atoms with Gasteiger partial charge in [0.2, 0.25) is 0 Å². The van der Waals surface area contributed by atoms with Crippen molar-refractivity contribution >= 4 is 7.60 Å². The topological polar surface area (TPSA) is 54.0 Å². The highest BCUT2D eigenvalue weighted by Gasteiger charge is 2.44. The van der Waals surface area contributed by atoms with Gasteiger partial charge in [-0.25, -0.2) is 0 Å². The molecule has 0 radical (unpaired) electrons. The first-order valence-corrected chi connectivity index (χ1v) is 7.12. The van der Waals surface area contributed by atoms with E-state index >= 15 is 0 Å². The molecule has 0 saturated heterocycles.